The van der Waals surface area contributed by atoms with E-state index in [1.165, 1.54) is 71.0 Å². The first-order chi connectivity index (χ1) is 9.85. The molecule has 0 amide bonds. The minimum atomic E-state index is 0.706. The molecule has 0 bridgehead atoms. The summed E-state index contributed by atoms with van der Waals surface area (Å²) in [5.41, 5.74) is 0. The molecule has 0 aromatic carbocycles. The maximum atomic E-state index is 5.19. The molecule has 1 saturated heterocycles. The standard InChI is InChI=1S/C17H34N2O/c1-3-16-14-19(11-7-8-12-20-2)17(13-18-16)15-9-5-4-6-10-15/h15-18H,3-14H2,1-2H3. The number of unbranched alkanes of at least 4 members (excludes halogenated alkanes) is 1. The Morgan fingerprint density at radius 1 is 1.15 bits per heavy atom. The molecule has 0 spiro atoms. The third-order valence-corrected chi connectivity index (χ3v) is 5.27. The molecule has 2 rings (SSSR count). The van der Waals surface area contributed by atoms with Crippen LogP contribution in [0.3, 0.4) is 0 Å². The van der Waals surface area contributed by atoms with Crippen LogP contribution >= 0.6 is 0 Å². The summed E-state index contributed by atoms with van der Waals surface area (Å²) in [5.74, 6) is 0.941. The molecule has 2 aliphatic rings. The van der Waals surface area contributed by atoms with E-state index in [2.05, 4.69) is 17.1 Å². The first-order valence-electron chi connectivity index (χ1n) is 8.81. The lowest BCUT2D eigenvalue weighted by Gasteiger charge is -2.45. The normalized spacial score (nSPS) is 29.7. The van der Waals surface area contributed by atoms with Gasteiger partial charge in [0, 0.05) is 38.9 Å². The summed E-state index contributed by atoms with van der Waals surface area (Å²) in [5, 5.41) is 3.78. The summed E-state index contributed by atoms with van der Waals surface area (Å²) in [4.78, 5) is 2.80. The topological polar surface area (TPSA) is 24.5 Å². The highest BCUT2D eigenvalue weighted by molar-refractivity contribution is 4.90. The molecular formula is C17H34N2O. The zero-order valence-corrected chi connectivity index (χ0v) is 13.6. The summed E-state index contributed by atoms with van der Waals surface area (Å²) in [6.45, 7) is 6.96. The molecule has 1 N–H and O–H groups in total. The van der Waals surface area contributed by atoms with E-state index in [4.69, 9.17) is 4.74 Å². The van der Waals surface area contributed by atoms with E-state index in [0.717, 1.165) is 18.6 Å². The number of hydrogen-bond acceptors (Lipinski definition) is 3. The first kappa shape index (κ1) is 16.3. The lowest BCUT2D eigenvalue weighted by atomic mass is 9.82. The number of methoxy groups -OCH3 is 1. The van der Waals surface area contributed by atoms with E-state index in [0.29, 0.717) is 6.04 Å². The van der Waals surface area contributed by atoms with Gasteiger partial charge in [-0.15, -0.1) is 0 Å². The zero-order chi connectivity index (χ0) is 14.2. The zero-order valence-electron chi connectivity index (χ0n) is 13.6. The number of nitrogens with one attached hydrogen (secondary N) is 1. The van der Waals surface area contributed by atoms with Crippen molar-refractivity contribution in [2.24, 2.45) is 5.92 Å². The summed E-state index contributed by atoms with van der Waals surface area (Å²) in [7, 11) is 1.81. The second-order valence-corrected chi connectivity index (χ2v) is 6.67. The second kappa shape index (κ2) is 9.01. The third-order valence-electron chi connectivity index (χ3n) is 5.27. The van der Waals surface area contributed by atoms with Gasteiger partial charge < -0.3 is 10.1 Å². The average Bonchev–Trinajstić information content (AvgIpc) is 2.52. The van der Waals surface area contributed by atoms with Crippen LogP contribution in [-0.4, -0.2) is 50.3 Å². The van der Waals surface area contributed by atoms with Crippen molar-refractivity contribution in [1.82, 2.24) is 10.2 Å². The summed E-state index contributed by atoms with van der Waals surface area (Å²) >= 11 is 0. The van der Waals surface area contributed by atoms with Crippen LogP contribution in [0.25, 0.3) is 0 Å². The van der Waals surface area contributed by atoms with Crippen molar-refractivity contribution in [3.63, 3.8) is 0 Å². The molecule has 2 atom stereocenters. The van der Waals surface area contributed by atoms with Gasteiger partial charge in [-0.3, -0.25) is 4.90 Å². The quantitative estimate of drug-likeness (QED) is 0.726. The number of piperazine rings is 1. The molecule has 3 nitrogen and oxygen atoms in total. The Kier molecular flexibility index (Phi) is 7.32. The maximum absolute atomic E-state index is 5.19. The number of rotatable bonds is 7. The SMILES string of the molecule is CCC1CN(CCCCOC)C(C2CCCCC2)CN1. The third kappa shape index (κ3) is 4.71. The smallest absolute Gasteiger partial charge is 0.0462 e. The lowest BCUT2D eigenvalue weighted by molar-refractivity contribution is 0.0672. The molecule has 20 heavy (non-hydrogen) atoms. The van der Waals surface area contributed by atoms with Gasteiger partial charge in [-0.05, 0) is 44.6 Å². The highest BCUT2D eigenvalue weighted by atomic mass is 16.5. The first-order valence-corrected chi connectivity index (χ1v) is 8.81. The molecule has 0 radical (unpaired) electrons. The number of ether oxygens (including phenoxy) is 1. The van der Waals surface area contributed by atoms with Gasteiger partial charge in [0.1, 0.15) is 0 Å². The molecule has 1 saturated carbocycles. The van der Waals surface area contributed by atoms with Gasteiger partial charge in [0.15, 0.2) is 0 Å². The lowest BCUT2D eigenvalue weighted by Crippen LogP contribution is -2.59. The molecule has 1 heterocycles. The molecule has 1 aliphatic heterocycles. The van der Waals surface area contributed by atoms with Gasteiger partial charge in [-0.25, -0.2) is 0 Å². The Hall–Kier alpha value is -0.120. The molecule has 2 unspecified atom stereocenters. The Morgan fingerprint density at radius 2 is 1.95 bits per heavy atom. The van der Waals surface area contributed by atoms with Crippen LogP contribution in [0.4, 0.5) is 0 Å². The molecule has 0 aromatic rings. The van der Waals surface area contributed by atoms with Crippen LogP contribution in [0, 0.1) is 5.92 Å². The van der Waals surface area contributed by atoms with Crippen molar-refractivity contribution in [3.05, 3.63) is 0 Å². The second-order valence-electron chi connectivity index (χ2n) is 6.67. The van der Waals surface area contributed by atoms with Crippen molar-refractivity contribution < 1.29 is 4.74 Å². The Morgan fingerprint density at radius 3 is 2.65 bits per heavy atom. The van der Waals surface area contributed by atoms with Crippen LogP contribution < -0.4 is 5.32 Å². The van der Waals surface area contributed by atoms with E-state index >= 15 is 0 Å². The van der Waals surface area contributed by atoms with Crippen LogP contribution in [0.15, 0.2) is 0 Å². The van der Waals surface area contributed by atoms with E-state index in [1.54, 1.807) is 0 Å². The Balaban J connectivity index is 1.85. The molecule has 3 heteroatoms. The highest BCUT2D eigenvalue weighted by Crippen LogP contribution is 2.30. The number of hydrogen-bond donors (Lipinski definition) is 1. The van der Waals surface area contributed by atoms with Gasteiger partial charge in [-0.1, -0.05) is 26.2 Å². The van der Waals surface area contributed by atoms with Crippen LogP contribution in [0.1, 0.15) is 58.3 Å². The van der Waals surface area contributed by atoms with Crippen LogP contribution in [0.2, 0.25) is 0 Å². The summed E-state index contributed by atoms with van der Waals surface area (Å²) < 4.78 is 5.19. The van der Waals surface area contributed by atoms with Crippen molar-refractivity contribution >= 4 is 0 Å². The minimum absolute atomic E-state index is 0.706. The molecule has 0 aromatic heterocycles. The van der Waals surface area contributed by atoms with Crippen molar-refractivity contribution in [2.45, 2.75) is 70.4 Å². The van der Waals surface area contributed by atoms with Crippen molar-refractivity contribution in [1.29, 1.82) is 0 Å². The molecular weight excluding hydrogens is 248 g/mol. The van der Waals surface area contributed by atoms with Crippen molar-refractivity contribution in [3.8, 4) is 0 Å². The van der Waals surface area contributed by atoms with E-state index in [9.17, 15) is 0 Å². The van der Waals surface area contributed by atoms with Crippen molar-refractivity contribution in [2.75, 3.05) is 33.4 Å². The minimum Gasteiger partial charge on any atom is -0.385 e. The summed E-state index contributed by atoms with van der Waals surface area (Å²) in [6.07, 6.45) is 11.0. The van der Waals surface area contributed by atoms with Crippen LogP contribution in [-0.2, 0) is 4.74 Å². The highest BCUT2D eigenvalue weighted by Gasteiger charge is 2.32. The predicted octanol–water partition coefficient (Wildman–Crippen LogP) is 3.05. The van der Waals surface area contributed by atoms with Gasteiger partial charge >= 0.3 is 0 Å². The fourth-order valence-corrected chi connectivity index (χ4v) is 3.98. The van der Waals surface area contributed by atoms with E-state index < -0.39 is 0 Å². The average molecular weight is 282 g/mol. The number of nitrogens with zero attached hydrogens (tertiary/aromatic N) is 1. The van der Waals surface area contributed by atoms with E-state index in [-0.39, 0.29) is 0 Å². The van der Waals surface area contributed by atoms with Gasteiger partial charge in [-0.2, -0.15) is 0 Å². The molecule has 118 valence electrons. The van der Waals surface area contributed by atoms with Gasteiger partial charge in [0.25, 0.3) is 0 Å². The monoisotopic (exact) mass is 282 g/mol. The fourth-order valence-electron chi connectivity index (χ4n) is 3.98. The Labute approximate surface area is 125 Å². The molecule has 1 aliphatic carbocycles. The predicted molar refractivity (Wildman–Crippen MR) is 85.1 cm³/mol. The fraction of sp³-hybridized carbons (Fsp3) is 1.00. The maximum Gasteiger partial charge on any atom is 0.0462 e. The van der Waals surface area contributed by atoms with Gasteiger partial charge in [0.2, 0.25) is 0 Å². The Bertz CT molecular complexity index is 253. The van der Waals surface area contributed by atoms with Gasteiger partial charge in [0.05, 0.1) is 0 Å². The largest absolute Gasteiger partial charge is 0.385 e. The van der Waals surface area contributed by atoms with E-state index in [1.807, 2.05) is 7.11 Å². The summed E-state index contributed by atoms with van der Waals surface area (Å²) in [6, 6.07) is 1.50. The molecule has 2 fully saturated rings. The van der Waals surface area contributed by atoms with Crippen LogP contribution in [0.5, 0.6) is 0 Å².